The van der Waals surface area contributed by atoms with Gasteiger partial charge in [-0.05, 0) is 43.9 Å². The fourth-order valence-corrected chi connectivity index (χ4v) is 2.94. The van der Waals surface area contributed by atoms with Gasteiger partial charge in [0, 0.05) is 4.48 Å². The lowest BCUT2D eigenvalue weighted by Gasteiger charge is -2.05. The Morgan fingerprint density at radius 3 is 2.52 bits per heavy atom. The summed E-state index contributed by atoms with van der Waals surface area (Å²) in [6.45, 7) is 0. The van der Waals surface area contributed by atoms with Gasteiger partial charge in [0.25, 0.3) is 0 Å². The van der Waals surface area contributed by atoms with Gasteiger partial charge in [-0.15, -0.1) is 0 Å². The van der Waals surface area contributed by atoms with E-state index in [4.69, 9.17) is 0 Å². The number of hydrazone groups is 1. The van der Waals surface area contributed by atoms with Crippen molar-refractivity contribution in [1.82, 2.24) is 5.43 Å². The van der Waals surface area contributed by atoms with E-state index in [2.05, 4.69) is 26.5 Å². The Kier molecular flexibility index (Phi) is 5.75. The van der Waals surface area contributed by atoms with Crippen molar-refractivity contribution in [3.63, 3.8) is 0 Å². The lowest BCUT2D eigenvalue weighted by atomic mass is 10.0. The number of hydrogen-bond acceptors (Lipinski definition) is 2. The molecule has 1 amide bonds. The minimum Gasteiger partial charge on any atom is -0.273 e. The van der Waals surface area contributed by atoms with Crippen LogP contribution in [0.15, 0.2) is 82.4 Å². The largest absolute Gasteiger partial charge is 0.273 e. The molecular formula is C21H17BrN2O. The van der Waals surface area contributed by atoms with E-state index in [-0.39, 0.29) is 5.91 Å². The second-order valence-electron chi connectivity index (χ2n) is 5.55. The zero-order chi connectivity index (χ0) is 17.5. The summed E-state index contributed by atoms with van der Waals surface area (Å²) >= 11 is 3.42. The second kappa shape index (κ2) is 8.40. The molecule has 0 atom stereocenters. The van der Waals surface area contributed by atoms with Crippen molar-refractivity contribution in [2.24, 2.45) is 5.10 Å². The highest BCUT2D eigenvalue weighted by Gasteiger charge is 2.05. The first kappa shape index (κ1) is 17.1. The van der Waals surface area contributed by atoms with Gasteiger partial charge in [0.1, 0.15) is 0 Å². The first-order valence-corrected chi connectivity index (χ1v) is 8.72. The normalized spacial score (nSPS) is 11.8. The maximum Gasteiger partial charge on any atom is 0.244 e. The molecule has 4 heteroatoms. The molecule has 3 aromatic carbocycles. The summed E-state index contributed by atoms with van der Waals surface area (Å²) in [6, 6.07) is 23.9. The quantitative estimate of drug-likeness (QED) is 0.485. The Balaban J connectivity index is 1.62. The van der Waals surface area contributed by atoms with Crippen LogP contribution in [0.2, 0.25) is 0 Å². The highest BCUT2D eigenvalue weighted by Crippen LogP contribution is 2.18. The van der Waals surface area contributed by atoms with Gasteiger partial charge < -0.3 is 0 Å². The Morgan fingerprint density at radius 1 is 0.960 bits per heavy atom. The topological polar surface area (TPSA) is 41.5 Å². The van der Waals surface area contributed by atoms with E-state index in [1.807, 2.05) is 78.9 Å². The van der Waals surface area contributed by atoms with Gasteiger partial charge in [-0.1, -0.05) is 72.8 Å². The molecule has 0 saturated heterocycles. The molecular weight excluding hydrogens is 376 g/mol. The number of allylic oxidation sites excluding steroid dienone is 1. The third-order valence-corrected chi connectivity index (χ3v) is 4.15. The van der Waals surface area contributed by atoms with E-state index < -0.39 is 0 Å². The van der Waals surface area contributed by atoms with Crippen molar-refractivity contribution in [2.75, 3.05) is 0 Å². The highest BCUT2D eigenvalue weighted by molar-refractivity contribution is 9.12. The van der Waals surface area contributed by atoms with Gasteiger partial charge in [-0.25, -0.2) is 5.43 Å². The Morgan fingerprint density at radius 2 is 1.68 bits per heavy atom. The first-order valence-electron chi connectivity index (χ1n) is 7.93. The summed E-state index contributed by atoms with van der Waals surface area (Å²) in [5.41, 5.74) is 4.62. The van der Waals surface area contributed by atoms with Crippen molar-refractivity contribution in [2.45, 2.75) is 6.42 Å². The van der Waals surface area contributed by atoms with Crippen LogP contribution >= 0.6 is 15.9 Å². The number of rotatable bonds is 5. The van der Waals surface area contributed by atoms with Gasteiger partial charge in [0.2, 0.25) is 5.91 Å². The third kappa shape index (κ3) is 4.88. The molecule has 3 nitrogen and oxygen atoms in total. The molecule has 124 valence electrons. The molecule has 0 unspecified atom stereocenters. The molecule has 0 aromatic heterocycles. The highest BCUT2D eigenvalue weighted by atomic mass is 79.9. The van der Waals surface area contributed by atoms with E-state index in [1.54, 1.807) is 6.21 Å². The number of carbonyl (C=O) groups is 1. The third-order valence-electron chi connectivity index (χ3n) is 3.71. The van der Waals surface area contributed by atoms with Crippen molar-refractivity contribution in [3.8, 4) is 0 Å². The van der Waals surface area contributed by atoms with Crippen molar-refractivity contribution < 1.29 is 4.79 Å². The van der Waals surface area contributed by atoms with Gasteiger partial charge in [0.15, 0.2) is 0 Å². The summed E-state index contributed by atoms with van der Waals surface area (Å²) in [6.07, 6.45) is 3.80. The van der Waals surface area contributed by atoms with Gasteiger partial charge in [-0.3, -0.25) is 4.79 Å². The summed E-state index contributed by atoms with van der Waals surface area (Å²) in [4.78, 5) is 12.1. The standard InChI is InChI=1S/C21H17BrN2O/c22-19(13-16-7-2-1-3-8-16)15-23-24-21(25)14-18-11-6-10-17-9-4-5-12-20(17)18/h1-13,15H,14H2,(H,24,25)/b19-13-,23-15-. The molecule has 1 N–H and O–H groups in total. The van der Waals surface area contributed by atoms with Crippen LogP contribution in [0.5, 0.6) is 0 Å². The van der Waals surface area contributed by atoms with Crippen LogP contribution in [0.25, 0.3) is 16.8 Å². The fraction of sp³-hybridized carbons (Fsp3) is 0.0476. The Hall–Kier alpha value is -2.72. The Labute approximate surface area is 155 Å². The maximum absolute atomic E-state index is 12.1. The van der Waals surface area contributed by atoms with Crippen LogP contribution in [-0.2, 0) is 11.2 Å². The number of hydrogen-bond donors (Lipinski definition) is 1. The lowest BCUT2D eigenvalue weighted by Crippen LogP contribution is -2.19. The molecule has 0 fully saturated rings. The number of amides is 1. The minimum atomic E-state index is -0.146. The average molecular weight is 393 g/mol. The minimum absolute atomic E-state index is 0.146. The number of benzene rings is 3. The number of fused-ring (bicyclic) bond motifs is 1. The summed E-state index contributed by atoms with van der Waals surface area (Å²) < 4.78 is 0.782. The van der Waals surface area contributed by atoms with E-state index in [9.17, 15) is 4.79 Å². The molecule has 3 rings (SSSR count). The molecule has 3 aromatic rings. The Bertz CT molecular complexity index is 928. The molecule has 0 heterocycles. The molecule has 0 spiro atoms. The van der Waals surface area contributed by atoms with Crippen LogP contribution in [0, 0.1) is 0 Å². The number of carbonyl (C=O) groups excluding carboxylic acids is 1. The number of halogens is 1. The fourth-order valence-electron chi connectivity index (χ4n) is 2.57. The SMILES string of the molecule is O=C(Cc1cccc2ccccc12)N/N=C\C(Br)=C\c1ccccc1. The number of nitrogens with zero attached hydrogens (tertiary/aromatic N) is 1. The van der Waals surface area contributed by atoms with Crippen molar-refractivity contribution in [1.29, 1.82) is 0 Å². The average Bonchev–Trinajstić information content (AvgIpc) is 2.63. The second-order valence-corrected chi connectivity index (χ2v) is 6.46. The molecule has 0 aliphatic rings. The van der Waals surface area contributed by atoms with Crippen LogP contribution in [-0.4, -0.2) is 12.1 Å². The molecule has 0 saturated carbocycles. The van der Waals surface area contributed by atoms with Gasteiger partial charge >= 0.3 is 0 Å². The number of nitrogens with one attached hydrogen (secondary N) is 1. The van der Waals surface area contributed by atoms with Crippen LogP contribution in [0.3, 0.4) is 0 Å². The molecule has 0 aliphatic carbocycles. The van der Waals surface area contributed by atoms with Crippen molar-refractivity contribution >= 4 is 44.9 Å². The predicted molar refractivity (Wildman–Crippen MR) is 108 cm³/mol. The van der Waals surface area contributed by atoms with E-state index in [1.165, 1.54) is 0 Å². The summed E-state index contributed by atoms with van der Waals surface area (Å²) in [7, 11) is 0. The lowest BCUT2D eigenvalue weighted by molar-refractivity contribution is -0.120. The summed E-state index contributed by atoms with van der Waals surface area (Å²) in [5, 5.41) is 6.23. The molecule has 0 aliphatic heterocycles. The van der Waals surface area contributed by atoms with Crippen LogP contribution in [0.1, 0.15) is 11.1 Å². The van der Waals surface area contributed by atoms with E-state index in [0.29, 0.717) is 6.42 Å². The first-order chi connectivity index (χ1) is 12.2. The van der Waals surface area contributed by atoms with Crippen LogP contribution < -0.4 is 5.43 Å². The monoisotopic (exact) mass is 392 g/mol. The van der Waals surface area contributed by atoms with E-state index >= 15 is 0 Å². The zero-order valence-corrected chi connectivity index (χ0v) is 15.1. The predicted octanol–water partition coefficient (Wildman–Crippen LogP) is 4.92. The molecule has 0 radical (unpaired) electrons. The van der Waals surface area contributed by atoms with Gasteiger partial charge in [0.05, 0.1) is 12.6 Å². The summed E-state index contributed by atoms with van der Waals surface area (Å²) in [5.74, 6) is -0.146. The maximum atomic E-state index is 12.1. The van der Waals surface area contributed by atoms with E-state index in [0.717, 1.165) is 26.4 Å². The van der Waals surface area contributed by atoms with Crippen molar-refractivity contribution in [3.05, 3.63) is 88.4 Å². The zero-order valence-electron chi connectivity index (χ0n) is 13.5. The molecule has 25 heavy (non-hydrogen) atoms. The van der Waals surface area contributed by atoms with Crippen LogP contribution in [0.4, 0.5) is 0 Å². The molecule has 0 bridgehead atoms. The van der Waals surface area contributed by atoms with Gasteiger partial charge in [-0.2, -0.15) is 5.10 Å². The smallest absolute Gasteiger partial charge is 0.244 e.